The fraction of sp³-hybridized carbons (Fsp3) is 0.562. The van der Waals surface area contributed by atoms with E-state index in [1.165, 1.54) is 0 Å². The van der Waals surface area contributed by atoms with Crippen LogP contribution in [0.1, 0.15) is 64.1 Å². The summed E-state index contributed by atoms with van der Waals surface area (Å²) in [6.45, 7) is 0. The molecule has 0 radical (unpaired) electrons. The highest BCUT2D eigenvalue weighted by Crippen LogP contribution is 2.51. The summed E-state index contributed by atoms with van der Waals surface area (Å²) in [6, 6.07) is 2.15. The van der Waals surface area contributed by atoms with Gasteiger partial charge in [0.05, 0.1) is 16.5 Å². The molecule has 0 amide bonds. The third-order valence-corrected chi connectivity index (χ3v) is 5.94. The number of carboxylic acid groups (broad SMARTS) is 1. The third-order valence-electron chi connectivity index (χ3n) is 4.88. The van der Waals surface area contributed by atoms with Gasteiger partial charge >= 0.3 is 5.97 Å². The summed E-state index contributed by atoms with van der Waals surface area (Å²) in [7, 11) is 0. The van der Waals surface area contributed by atoms with E-state index in [1.807, 2.05) is 0 Å². The van der Waals surface area contributed by atoms with Crippen molar-refractivity contribution in [1.29, 1.82) is 5.26 Å². The van der Waals surface area contributed by atoms with E-state index in [2.05, 4.69) is 6.07 Å². The smallest absolute Gasteiger partial charge is 0.338 e. The Hall–Kier alpha value is -1.87. The van der Waals surface area contributed by atoms with E-state index in [0.29, 0.717) is 42.0 Å². The predicted octanol–water partition coefficient (Wildman–Crippen LogP) is 3.25. The van der Waals surface area contributed by atoms with Crippen LogP contribution in [-0.4, -0.2) is 16.9 Å². The van der Waals surface area contributed by atoms with E-state index in [1.54, 1.807) is 0 Å². The molecule has 1 aromatic rings. The van der Waals surface area contributed by atoms with Crippen LogP contribution in [0.15, 0.2) is 0 Å². The molecule has 0 saturated heterocycles. The fourth-order valence-electron chi connectivity index (χ4n) is 3.56. The lowest BCUT2D eigenvalue weighted by Gasteiger charge is -2.35. The molecule has 1 aromatic heterocycles. The number of nitrogens with two attached hydrogens (primary N) is 1. The van der Waals surface area contributed by atoms with Crippen LogP contribution in [0.25, 0.3) is 0 Å². The lowest BCUT2D eigenvalue weighted by Crippen LogP contribution is -2.36. The van der Waals surface area contributed by atoms with Gasteiger partial charge in [-0.1, -0.05) is 12.8 Å². The van der Waals surface area contributed by atoms with E-state index in [9.17, 15) is 14.7 Å². The van der Waals surface area contributed by atoms with Crippen molar-refractivity contribution in [3.05, 3.63) is 16.0 Å². The van der Waals surface area contributed by atoms with Gasteiger partial charge < -0.3 is 10.8 Å². The van der Waals surface area contributed by atoms with E-state index < -0.39 is 11.4 Å². The Labute approximate surface area is 132 Å². The zero-order chi connectivity index (χ0) is 15.9. The van der Waals surface area contributed by atoms with Crippen LogP contribution in [0, 0.1) is 22.7 Å². The molecule has 1 atom stereocenters. The number of rotatable bonds is 5. The Morgan fingerprint density at radius 2 is 2.23 bits per heavy atom. The molecule has 3 rings (SSSR count). The number of nitrogen functional groups attached to an aromatic ring is 1. The Bertz CT molecular complexity index is 684. The fourth-order valence-corrected chi connectivity index (χ4v) is 4.73. The van der Waals surface area contributed by atoms with Crippen molar-refractivity contribution in [3.8, 4) is 6.07 Å². The van der Waals surface area contributed by atoms with Gasteiger partial charge in [0.15, 0.2) is 5.78 Å². The largest absolute Gasteiger partial charge is 0.478 e. The molecule has 1 fully saturated rings. The lowest BCUT2D eigenvalue weighted by molar-refractivity contribution is 0.0692. The number of fused-ring (bicyclic) bond motifs is 1. The molecule has 116 valence electrons. The van der Waals surface area contributed by atoms with E-state index in [4.69, 9.17) is 11.0 Å². The minimum Gasteiger partial charge on any atom is -0.478 e. The van der Waals surface area contributed by atoms with Gasteiger partial charge in [0.25, 0.3) is 0 Å². The summed E-state index contributed by atoms with van der Waals surface area (Å²) in [4.78, 5) is 24.9. The minimum absolute atomic E-state index is 0.0140. The number of nitriles is 1. The van der Waals surface area contributed by atoms with Gasteiger partial charge in [0.1, 0.15) is 5.00 Å². The number of Topliss-reactive ketones (excluding diaryl/α,β-unsaturated/α-hetero) is 1. The van der Waals surface area contributed by atoms with Crippen molar-refractivity contribution in [1.82, 2.24) is 0 Å². The van der Waals surface area contributed by atoms with E-state index >= 15 is 0 Å². The van der Waals surface area contributed by atoms with Crippen LogP contribution in [-0.2, 0) is 6.42 Å². The van der Waals surface area contributed by atoms with Crippen molar-refractivity contribution in [2.24, 2.45) is 11.3 Å². The van der Waals surface area contributed by atoms with Crippen molar-refractivity contribution in [2.75, 3.05) is 5.73 Å². The molecule has 5 nitrogen and oxygen atoms in total. The second kappa shape index (κ2) is 5.40. The van der Waals surface area contributed by atoms with Crippen LogP contribution in [0.4, 0.5) is 5.00 Å². The molecule has 2 aliphatic carbocycles. The van der Waals surface area contributed by atoms with Gasteiger partial charge in [0.2, 0.25) is 0 Å². The number of aromatic carboxylic acids is 1. The molecule has 0 aromatic carbocycles. The van der Waals surface area contributed by atoms with Crippen LogP contribution in [0.2, 0.25) is 0 Å². The summed E-state index contributed by atoms with van der Waals surface area (Å²) >= 11 is 1.10. The maximum Gasteiger partial charge on any atom is 0.338 e. The number of thiophene rings is 1. The summed E-state index contributed by atoms with van der Waals surface area (Å²) in [5.41, 5.74) is 6.04. The first kappa shape index (κ1) is 15.0. The van der Waals surface area contributed by atoms with Crippen molar-refractivity contribution < 1.29 is 14.7 Å². The average Bonchev–Trinajstić information content (AvgIpc) is 3.21. The number of carbonyl (C=O) groups is 2. The first-order valence-electron chi connectivity index (χ1n) is 7.54. The molecule has 6 heteroatoms. The molecule has 1 saturated carbocycles. The number of carbonyl (C=O) groups excluding carboxylic acids is 1. The highest BCUT2D eigenvalue weighted by Gasteiger charge is 2.47. The summed E-state index contributed by atoms with van der Waals surface area (Å²) in [6.07, 6.45) is 5.26. The zero-order valence-corrected chi connectivity index (χ0v) is 13.0. The lowest BCUT2D eigenvalue weighted by atomic mass is 9.67. The topological polar surface area (TPSA) is 104 Å². The molecular formula is C16H18N2O3S. The molecule has 22 heavy (non-hydrogen) atoms. The number of carboxylic acids is 1. The Morgan fingerprint density at radius 3 is 2.82 bits per heavy atom. The number of anilines is 1. The molecular weight excluding hydrogens is 300 g/mol. The predicted molar refractivity (Wildman–Crippen MR) is 83.0 cm³/mol. The quantitative estimate of drug-likeness (QED) is 0.867. The molecule has 0 spiro atoms. The number of hydrogen-bond donors (Lipinski definition) is 2. The number of ketones is 1. The van der Waals surface area contributed by atoms with Gasteiger partial charge in [-0.25, -0.2) is 4.79 Å². The van der Waals surface area contributed by atoms with Gasteiger partial charge in [-0.2, -0.15) is 5.26 Å². The van der Waals surface area contributed by atoms with Gasteiger partial charge in [-0.15, -0.1) is 11.3 Å². The summed E-state index contributed by atoms with van der Waals surface area (Å²) in [5, 5.41) is 18.4. The molecule has 0 bridgehead atoms. The van der Waals surface area contributed by atoms with Gasteiger partial charge in [-0.3, -0.25) is 4.79 Å². The standard InChI is InChI=1S/C16H18N2O3S/c17-7-1-5-16(8-9-2-3-9)6-4-10-11(15(20)21)14(18)22-12(10)13(16)19/h9H,1-6,8,18H2,(H,20,21). The maximum absolute atomic E-state index is 13.0. The monoisotopic (exact) mass is 318 g/mol. The normalized spacial score (nSPS) is 23.9. The second-order valence-electron chi connectivity index (χ2n) is 6.37. The van der Waals surface area contributed by atoms with Crippen LogP contribution < -0.4 is 5.73 Å². The van der Waals surface area contributed by atoms with Crippen LogP contribution in [0.3, 0.4) is 0 Å². The third kappa shape index (κ3) is 2.40. The summed E-state index contributed by atoms with van der Waals surface area (Å²) in [5.74, 6) is -0.463. The Morgan fingerprint density at radius 1 is 1.50 bits per heavy atom. The van der Waals surface area contributed by atoms with Gasteiger partial charge in [-0.05, 0) is 37.2 Å². The van der Waals surface area contributed by atoms with Gasteiger partial charge in [0, 0.05) is 11.8 Å². The molecule has 1 unspecified atom stereocenters. The van der Waals surface area contributed by atoms with Crippen LogP contribution >= 0.6 is 11.3 Å². The van der Waals surface area contributed by atoms with Crippen molar-refractivity contribution in [2.45, 2.75) is 44.9 Å². The highest BCUT2D eigenvalue weighted by molar-refractivity contribution is 7.18. The van der Waals surface area contributed by atoms with Crippen molar-refractivity contribution in [3.63, 3.8) is 0 Å². The second-order valence-corrected chi connectivity index (χ2v) is 7.42. The SMILES string of the molecule is N#CCCC1(CC2CC2)CCc2c(sc(N)c2C(=O)O)C1=O. The zero-order valence-electron chi connectivity index (χ0n) is 12.2. The Balaban J connectivity index is 1.99. The molecule has 3 N–H and O–H groups in total. The van der Waals surface area contributed by atoms with E-state index in [-0.39, 0.29) is 16.3 Å². The molecule has 1 heterocycles. The molecule has 0 aliphatic heterocycles. The van der Waals surface area contributed by atoms with Crippen molar-refractivity contribution >= 4 is 28.1 Å². The van der Waals surface area contributed by atoms with E-state index in [0.717, 1.165) is 30.6 Å². The Kier molecular flexibility index (Phi) is 3.69. The summed E-state index contributed by atoms with van der Waals surface area (Å²) < 4.78 is 0. The number of hydrogen-bond acceptors (Lipinski definition) is 5. The highest BCUT2D eigenvalue weighted by atomic mass is 32.1. The average molecular weight is 318 g/mol. The minimum atomic E-state index is -1.06. The first-order valence-corrected chi connectivity index (χ1v) is 8.36. The van der Waals surface area contributed by atoms with Crippen LogP contribution in [0.5, 0.6) is 0 Å². The number of nitrogens with zero attached hydrogens (tertiary/aromatic N) is 1. The first-order chi connectivity index (χ1) is 10.5. The maximum atomic E-state index is 13.0. The molecule has 2 aliphatic rings.